The van der Waals surface area contributed by atoms with E-state index in [2.05, 4.69) is 4.98 Å². The van der Waals surface area contributed by atoms with Crippen LogP contribution in [0.1, 0.15) is 21.5 Å². The van der Waals surface area contributed by atoms with E-state index in [0.29, 0.717) is 28.3 Å². The zero-order valence-electron chi connectivity index (χ0n) is 18.2. The first-order valence-electron chi connectivity index (χ1n) is 10.2. The topological polar surface area (TPSA) is 71.6 Å². The molecule has 0 aliphatic carbocycles. The molecule has 0 atom stereocenters. The molecule has 0 aliphatic heterocycles. The lowest BCUT2D eigenvalue weighted by molar-refractivity contribution is 0.0985. The molecule has 6 nitrogen and oxygen atoms in total. The number of nitrogens with zero attached hydrogens (tertiary/aromatic N) is 1. The summed E-state index contributed by atoms with van der Waals surface area (Å²) in [5.41, 5.74) is 3.22. The molecule has 0 spiro atoms. The van der Waals surface area contributed by atoms with Gasteiger partial charge in [0, 0.05) is 28.4 Å². The molecule has 0 saturated carbocycles. The van der Waals surface area contributed by atoms with Crippen molar-refractivity contribution in [1.82, 2.24) is 4.98 Å². The van der Waals surface area contributed by atoms with E-state index in [9.17, 15) is 9.59 Å². The number of nitrogens with one attached hydrogen (secondary N) is 1. The third-order valence-corrected chi connectivity index (χ3v) is 5.35. The number of anilines is 1. The number of fused-ring (bicyclic) bond motifs is 1. The van der Waals surface area contributed by atoms with Gasteiger partial charge in [-0.05, 0) is 66.4 Å². The number of carbonyl (C=O) groups excluding carboxylic acids is 1. The van der Waals surface area contributed by atoms with Gasteiger partial charge in [-0.25, -0.2) is 0 Å². The van der Waals surface area contributed by atoms with Crippen molar-refractivity contribution in [3.05, 3.63) is 99.8 Å². The van der Waals surface area contributed by atoms with E-state index >= 15 is 0 Å². The number of amides is 1. The average molecular weight is 428 g/mol. The van der Waals surface area contributed by atoms with Crippen molar-refractivity contribution in [3.8, 4) is 11.5 Å². The fraction of sp³-hybridized carbons (Fsp3) is 0.154. The number of aryl methyl sites for hydroxylation is 1. The third-order valence-electron chi connectivity index (χ3n) is 5.35. The number of aromatic nitrogens is 1. The summed E-state index contributed by atoms with van der Waals surface area (Å²) in [6.07, 6.45) is 0. The number of ether oxygens (including phenoxy) is 2. The number of pyridine rings is 1. The van der Waals surface area contributed by atoms with Gasteiger partial charge in [-0.3, -0.25) is 9.59 Å². The molecule has 0 aliphatic rings. The first kappa shape index (κ1) is 21.2. The summed E-state index contributed by atoms with van der Waals surface area (Å²) >= 11 is 0. The van der Waals surface area contributed by atoms with E-state index in [1.165, 1.54) is 0 Å². The van der Waals surface area contributed by atoms with Crippen LogP contribution in [0.15, 0.2) is 77.6 Å². The van der Waals surface area contributed by atoms with Gasteiger partial charge in [0.2, 0.25) is 0 Å². The second-order valence-electron chi connectivity index (χ2n) is 7.54. The summed E-state index contributed by atoms with van der Waals surface area (Å²) in [6, 6.07) is 21.8. The summed E-state index contributed by atoms with van der Waals surface area (Å²) in [5.74, 6) is 1.05. The van der Waals surface area contributed by atoms with Crippen molar-refractivity contribution in [2.75, 3.05) is 19.1 Å². The lowest BCUT2D eigenvalue weighted by atomic mass is 10.1. The number of methoxy groups -OCH3 is 2. The van der Waals surface area contributed by atoms with Gasteiger partial charge < -0.3 is 19.4 Å². The molecule has 0 bridgehead atoms. The Labute approximate surface area is 186 Å². The molecule has 162 valence electrons. The fourth-order valence-electron chi connectivity index (χ4n) is 3.60. The Balaban J connectivity index is 1.77. The number of hydrogen-bond donors (Lipinski definition) is 1. The molecule has 0 radical (unpaired) electrons. The molecule has 3 aromatic carbocycles. The van der Waals surface area contributed by atoms with Crippen LogP contribution >= 0.6 is 0 Å². The number of hydrogen-bond acceptors (Lipinski definition) is 4. The Morgan fingerprint density at radius 1 is 0.906 bits per heavy atom. The van der Waals surface area contributed by atoms with Gasteiger partial charge in [-0.15, -0.1) is 0 Å². The third kappa shape index (κ3) is 4.34. The zero-order valence-corrected chi connectivity index (χ0v) is 18.2. The number of carbonyl (C=O) groups is 1. The molecule has 1 aromatic heterocycles. The van der Waals surface area contributed by atoms with Crippen LogP contribution in [-0.4, -0.2) is 25.1 Å². The standard InChI is InChI=1S/C26H24N2O4/c1-17-7-8-19-14-20(25(29)27-24(19)13-17)16-28(21-5-4-6-23(15-21)32-3)26(30)18-9-11-22(31-2)12-10-18/h4-15H,16H2,1-3H3,(H,27,29). The Hall–Kier alpha value is -4.06. The first-order valence-corrected chi connectivity index (χ1v) is 10.2. The van der Waals surface area contributed by atoms with Crippen molar-refractivity contribution in [2.45, 2.75) is 13.5 Å². The highest BCUT2D eigenvalue weighted by Crippen LogP contribution is 2.25. The Morgan fingerprint density at radius 3 is 2.38 bits per heavy atom. The second kappa shape index (κ2) is 8.98. The Bertz CT molecular complexity index is 1330. The summed E-state index contributed by atoms with van der Waals surface area (Å²) in [6.45, 7) is 2.08. The highest BCUT2D eigenvalue weighted by Gasteiger charge is 2.20. The quantitative estimate of drug-likeness (QED) is 0.483. The Morgan fingerprint density at radius 2 is 1.66 bits per heavy atom. The van der Waals surface area contributed by atoms with Gasteiger partial charge in [0.1, 0.15) is 11.5 Å². The highest BCUT2D eigenvalue weighted by molar-refractivity contribution is 6.06. The van der Waals surface area contributed by atoms with Crippen molar-refractivity contribution in [3.63, 3.8) is 0 Å². The molecular formula is C26H24N2O4. The van der Waals surface area contributed by atoms with E-state index in [1.54, 1.807) is 49.5 Å². The van der Waals surface area contributed by atoms with Gasteiger partial charge >= 0.3 is 0 Å². The normalized spacial score (nSPS) is 10.7. The molecule has 32 heavy (non-hydrogen) atoms. The highest BCUT2D eigenvalue weighted by atomic mass is 16.5. The van der Waals surface area contributed by atoms with Crippen LogP contribution in [-0.2, 0) is 6.54 Å². The molecule has 1 heterocycles. The smallest absolute Gasteiger partial charge is 0.258 e. The summed E-state index contributed by atoms with van der Waals surface area (Å²) in [4.78, 5) is 30.9. The minimum atomic E-state index is -0.232. The molecule has 6 heteroatoms. The van der Waals surface area contributed by atoms with Crippen LogP contribution in [0.4, 0.5) is 5.69 Å². The van der Waals surface area contributed by atoms with Crippen LogP contribution in [0.25, 0.3) is 10.9 Å². The monoisotopic (exact) mass is 428 g/mol. The summed E-state index contributed by atoms with van der Waals surface area (Å²) in [5, 5.41) is 0.910. The second-order valence-corrected chi connectivity index (χ2v) is 7.54. The molecule has 0 saturated heterocycles. The molecule has 0 unspecified atom stereocenters. The maximum absolute atomic E-state index is 13.5. The Kier molecular flexibility index (Phi) is 5.94. The van der Waals surface area contributed by atoms with Crippen molar-refractivity contribution in [2.24, 2.45) is 0 Å². The van der Waals surface area contributed by atoms with Crippen LogP contribution in [0.3, 0.4) is 0 Å². The molecule has 0 fully saturated rings. The van der Waals surface area contributed by atoms with Crippen LogP contribution in [0.5, 0.6) is 11.5 Å². The first-order chi connectivity index (χ1) is 15.5. The lowest BCUT2D eigenvalue weighted by Gasteiger charge is -2.23. The molecule has 1 amide bonds. The minimum Gasteiger partial charge on any atom is -0.497 e. The van der Waals surface area contributed by atoms with E-state index in [0.717, 1.165) is 16.5 Å². The van der Waals surface area contributed by atoms with E-state index in [-0.39, 0.29) is 18.0 Å². The van der Waals surface area contributed by atoms with Crippen molar-refractivity contribution < 1.29 is 14.3 Å². The van der Waals surface area contributed by atoms with E-state index < -0.39 is 0 Å². The van der Waals surface area contributed by atoms with Crippen molar-refractivity contribution >= 4 is 22.5 Å². The van der Waals surface area contributed by atoms with Crippen LogP contribution in [0.2, 0.25) is 0 Å². The predicted molar refractivity (Wildman–Crippen MR) is 126 cm³/mol. The zero-order chi connectivity index (χ0) is 22.7. The maximum atomic E-state index is 13.5. The lowest BCUT2D eigenvalue weighted by Crippen LogP contribution is -2.32. The summed E-state index contributed by atoms with van der Waals surface area (Å²) < 4.78 is 10.5. The molecular weight excluding hydrogens is 404 g/mol. The molecule has 1 N–H and O–H groups in total. The fourth-order valence-corrected chi connectivity index (χ4v) is 3.60. The van der Waals surface area contributed by atoms with E-state index in [4.69, 9.17) is 9.47 Å². The largest absolute Gasteiger partial charge is 0.497 e. The minimum absolute atomic E-state index is 0.108. The molecule has 4 aromatic rings. The van der Waals surface area contributed by atoms with Gasteiger partial charge in [-0.1, -0.05) is 18.2 Å². The number of benzene rings is 3. The van der Waals surface area contributed by atoms with E-state index in [1.807, 2.05) is 49.4 Å². The predicted octanol–water partition coefficient (Wildman–Crippen LogP) is 4.70. The van der Waals surface area contributed by atoms with Gasteiger partial charge in [0.15, 0.2) is 0 Å². The van der Waals surface area contributed by atoms with Gasteiger partial charge in [0.05, 0.1) is 20.8 Å². The SMILES string of the molecule is COc1ccc(C(=O)N(Cc2cc3ccc(C)cc3[nH]c2=O)c2cccc(OC)c2)cc1. The van der Waals surface area contributed by atoms with Crippen molar-refractivity contribution in [1.29, 1.82) is 0 Å². The summed E-state index contributed by atoms with van der Waals surface area (Å²) in [7, 11) is 3.15. The van der Waals surface area contributed by atoms with Crippen LogP contribution in [0, 0.1) is 6.92 Å². The number of rotatable bonds is 6. The van der Waals surface area contributed by atoms with Gasteiger partial charge in [0.25, 0.3) is 11.5 Å². The molecule has 4 rings (SSSR count). The number of H-pyrrole nitrogens is 1. The maximum Gasteiger partial charge on any atom is 0.258 e. The average Bonchev–Trinajstić information content (AvgIpc) is 2.82. The van der Waals surface area contributed by atoms with Gasteiger partial charge in [-0.2, -0.15) is 0 Å². The number of aromatic amines is 1. The van der Waals surface area contributed by atoms with Crippen LogP contribution < -0.4 is 19.9 Å².